The van der Waals surface area contributed by atoms with Crippen molar-refractivity contribution in [1.82, 2.24) is 0 Å². The topological polar surface area (TPSA) is 49.8 Å². The fourth-order valence-electron chi connectivity index (χ4n) is 1.82. The zero-order valence-electron chi connectivity index (χ0n) is 11.2. The molecule has 0 aliphatic heterocycles. The van der Waals surface area contributed by atoms with E-state index >= 15 is 0 Å². The predicted octanol–water partition coefficient (Wildman–Crippen LogP) is 3.27. The number of alkyl halides is 2. The largest absolute Gasteiger partial charge is 0.508 e. The maximum atomic E-state index is 12.3. The third kappa shape index (κ3) is 3.68. The van der Waals surface area contributed by atoms with Crippen molar-refractivity contribution < 1.29 is 23.4 Å². The van der Waals surface area contributed by atoms with E-state index in [4.69, 9.17) is 0 Å². The number of phenolic OH excluding ortho intramolecular Hbond substituents is 1. The summed E-state index contributed by atoms with van der Waals surface area (Å²) in [5, 5.41) is 9.42. The molecule has 0 aliphatic carbocycles. The number of hydrogen-bond acceptors (Lipinski definition) is 3. The molecular formula is C15H13F2NO3. The minimum absolute atomic E-state index is 0.0296. The van der Waals surface area contributed by atoms with Crippen molar-refractivity contribution in [2.75, 3.05) is 11.9 Å². The summed E-state index contributed by atoms with van der Waals surface area (Å²) in [4.78, 5) is 13.6. The lowest BCUT2D eigenvalue weighted by Crippen LogP contribution is -2.26. The maximum absolute atomic E-state index is 12.3. The van der Waals surface area contributed by atoms with E-state index in [2.05, 4.69) is 4.74 Å². The van der Waals surface area contributed by atoms with E-state index in [1.807, 2.05) is 0 Å². The van der Waals surface area contributed by atoms with Gasteiger partial charge in [0.1, 0.15) is 11.5 Å². The molecule has 1 N–H and O–H groups in total. The molecule has 6 heteroatoms. The van der Waals surface area contributed by atoms with Crippen LogP contribution in [0, 0.1) is 0 Å². The Labute approximate surface area is 120 Å². The number of hydrogen-bond donors (Lipinski definition) is 1. The molecule has 110 valence electrons. The second-order valence-corrected chi connectivity index (χ2v) is 4.29. The normalized spacial score (nSPS) is 10.5. The lowest BCUT2D eigenvalue weighted by molar-refractivity contribution is -0.0498. The maximum Gasteiger partial charge on any atom is 0.387 e. The van der Waals surface area contributed by atoms with Crippen LogP contribution < -0.4 is 9.64 Å². The summed E-state index contributed by atoms with van der Waals surface area (Å²) in [6.45, 7) is -2.95. The van der Waals surface area contributed by atoms with Crippen molar-refractivity contribution in [2.24, 2.45) is 0 Å². The molecule has 0 atom stereocenters. The Hall–Kier alpha value is -2.63. The summed E-state index contributed by atoms with van der Waals surface area (Å²) in [7, 11) is 1.53. The van der Waals surface area contributed by atoms with Gasteiger partial charge in [0, 0.05) is 24.4 Å². The Morgan fingerprint density at radius 3 is 2.57 bits per heavy atom. The second-order valence-electron chi connectivity index (χ2n) is 4.29. The van der Waals surface area contributed by atoms with Gasteiger partial charge in [-0.3, -0.25) is 4.79 Å². The number of phenols is 1. The molecule has 0 unspecified atom stereocenters. The highest BCUT2D eigenvalue weighted by molar-refractivity contribution is 6.06. The molecule has 0 fully saturated rings. The Bertz CT molecular complexity index is 646. The van der Waals surface area contributed by atoms with Crippen molar-refractivity contribution >= 4 is 11.6 Å². The number of ether oxygens (including phenoxy) is 1. The number of halogens is 2. The monoisotopic (exact) mass is 293 g/mol. The van der Waals surface area contributed by atoms with Gasteiger partial charge in [0.2, 0.25) is 0 Å². The number of nitrogens with zero attached hydrogens (tertiary/aromatic N) is 1. The van der Waals surface area contributed by atoms with Gasteiger partial charge in [0.25, 0.3) is 5.91 Å². The molecule has 4 nitrogen and oxygen atoms in total. The smallest absolute Gasteiger partial charge is 0.387 e. The number of rotatable bonds is 4. The summed E-state index contributed by atoms with van der Waals surface area (Å²) in [5.74, 6) is -0.456. The highest BCUT2D eigenvalue weighted by Crippen LogP contribution is 2.22. The van der Waals surface area contributed by atoms with Crippen LogP contribution in [0.3, 0.4) is 0 Å². The van der Waals surface area contributed by atoms with Crippen LogP contribution in [-0.4, -0.2) is 24.7 Å². The molecule has 21 heavy (non-hydrogen) atoms. The van der Waals surface area contributed by atoms with Gasteiger partial charge >= 0.3 is 6.61 Å². The number of anilines is 1. The van der Waals surface area contributed by atoms with E-state index in [-0.39, 0.29) is 17.1 Å². The van der Waals surface area contributed by atoms with Gasteiger partial charge in [-0.25, -0.2) is 0 Å². The number of carbonyl (C=O) groups is 1. The lowest BCUT2D eigenvalue weighted by atomic mass is 10.1. The van der Waals surface area contributed by atoms with Crippen LogP contribution in [0.25, 0.3) is 0 Å². The highest BCUT2D eigenvalue weighted by atomic mass is 19.3. The van der Waals surface area contributed by atoms with Crippen LogP contribution in [0.1, 0.15) is 10.4 Å². The molecule has 2 aromatic rings. The first-order chi connectivity index (χ1) is 9.97. The van der Waals surface area contributed by atoms with E-state index in [1.165, 1.54) is 48.3 Å². The quantitative estimate of drug-likeness (QED) is 0.941. The van der Waals surface area contributed by atoms with E-state index in [0.717, 1.165) is 0 Å². The van der Waals surface area contributed by atoms with Gasteiger partial charge in [-0.15, -0.1) is 0 Å². The molecular weight excluding hydrogens is 280 g/mol. The van der Waals surface area contributed by atoms with E-state index in [0.29, 0.717) is 5.69 Å². The average Bonchev–Trinajstić information content (AvgIpc) is 2.45. The Morgan fingerprint density at radius 1 is 1.19 bits per heavy atom. The van der Waals surface area contributed by atoms with Crippen molar-refractivity contribution in [3.05, 3.63) is 54.1 Å². The van der Waals surface area contributed by atoms with Crippen LogP contribution in [0.2, 0.25) is 0 Å². The van der Waals surface area contributed by atoms with Crippen LogP contribution in [0.15, 0.2) is 48.5 Å². The van der Waals surface area contributed by atoms with E-state index < -0.39 is 12.5 Å². The molecule has 1 amide bonds. The molecule has 0 radical (unpaired) electrons. The first-order valence-corrected chi connectivity index (χ1v) is 6.09. The number of carbonyl (C=O) groups excluding carboxylic acids is 1. The van der Waals surface area contributed by atoms with E-state index in [1.54, 1.807) is 12.1 Å². The minimum atomic E-state index is -2.95. The zero-order valence-corrected chi connectivity index (χ0v) is 11.2. The molecule has 0 aliphatic rings. The van der Waals surface area contributed by atoms with Gasteiger partial charge in [0.05, 0.1) is 0 Å². The SMILES string of the molecule is CN(C(=O)c1cccc(OC(F)F)c1)c1cccc(O)c1. The van der Waals surface area contributed by atoms with Gasteiger partial charge in [-0.2, -0.15) is 8.78 Å². The van der Waals surface area contributed by atoms with Crippen molar-refractivity contribution in [2.45, 2.75) is 6.61 Å². The Kier molecular flexibility index (Phi) is 4.37. The number of benzene rings is 2. The van der Waals surface area contributed by atoms with Crippen LogP contribution >= 0.6 is 0 Å². The predicted molar refractivity (Wildman–Crippen MR) is 73.9 cm³/mol. The summed E-state index contributed by atoms with van der Waals surface area (Å²) >= 11 is 0. The third-order valence-electron chi connectivity index (χ3n) is 2.83. The summed E-state index contributed by atoms with van der Waals surface area (Å²) < 4.78 is 28.6. The standard InChI is InChI=1S/C15H13F2NO3/c1-18(11-5-3-6-12(19)9-11)14(20)10-4-2-7-13(8-10)21-15(16)17/h2-9,15,19H,1H3. The minimum Gasteiger partial charge on any atom is -0.508 e. The van der Waals surface area contributed by atoms with Crippen LogP contribution in [0.4, 0.5) is 14.5 Å². The lowest BCUT2D eigenvalue weighted by Gasteiger charge is -2.18. The molecule has 0 saturated heterocycles. The van der Waals surface area contributed by atoms with Crippen LogP contribution in [0.5, 0.6) is 11.5 Å². The molecule has 2 aromatic carbocycles. The fraction of sp³-hybridized carbons (Fsp3) is 0.133. The Balaban J connectivity index is 2.23. The molecule has 0 saturated carbocycles. The average molecular weight is 293 g/mol. The molecule has 0 heterocycles. The van der Waals surface area contributed by atoms with Gasteiger partial charge in [-0.1, -0.05) is 12.1 Å². The van der Waals surface area contributed by atoms with Crippen molar-refractivity contribution in [3.8, 4) is 11.5 Å². The third-order valence-corrected chi connectivity index (χ3v) is 2.83. The van der Waals surface area contributed by atoms with Gasteiger partial charge < -0.3 is 14.7 Å². The van der Waals surface area contributed by atoms with Crippen LogP contribution in [-0.2, 0) is 0 Å². The van der Waals surface area contributed by atoms with E-state index in [9.17, 15) is 18.7 Å². The zero-order chi connectivity index (χ0) is 15.4. The molecule has 0 aromatic heterocycles. The van der Waals surface area contributed by atoms with Gasteiger partial charge in [0.15, 0.2) is 0 Å². The van der Waals surface area contributed by atoms with Crippen molar-refractivity contribution in [1.29, 1.82) is 0 Å². The first kappa shape index (κ1) is 14.8. The molecule has 0 spiro atoms. The first-order valence-electron chi connectivity index (χ1n) is 6.09. The van der Waals surface area contributed by atoms with Crippen molar-refractivity contribution in [3.63, 3.8) is 0 Å². The molecule has 0 bridgehead atoms. The molecule has 2 rings (SSSR count). The fourth-order valence-corrected chi connectivity index (χ4v) is 1.82. The number of amides is 1. The Morgan fingerprint density at radius 2 is 1.90 bits per heavy atom. The highest BCUT2D eigenvalue weighted by Gasteiger charge is 2.15. The second kappa shape index (κ2) is 6.21. The summed E-state index contributed by atoms with van der Waals surface area (Å²) in [5.41, 5.74) is 0.694. The summed E-state index contributed by atoms with van der Waals surface area (Å²) in [6, 6.07) is 11.7. The summed E-state index contributed by atoms with van der Waals surface area (Å²) in [6.07, 6.45) is 0. The van der Waals surface area contributed by atoms with Gasteiger partial charge in [-0.05, 0) is 30.3 Å². The number of aromatic hydroxyl groups is 1.